The molecule has 118 valence electrons. The number of nitrogens with zero attached hydrogens (tertiary/aromatic N) is 3. The van der Waals surface area contributed by atoms with Gasteiger partial charge in [-0.25, -0.2) is 4.98 Å². The van der Waals surface area contributed by atoms with E-state index in [9.17, 15) is 5.26 Å². The highest BCUT2D eigenvalue weighted by Gasteiger charge is 2.10. The Morgan fingerprint density at radius 2 is 1.96 bits per heavy atom. The van der Waals surface area contributed by atoms with Crippen molar-refractivity contribution in [3.63, 3.8) is 0 Å². The number of para-hydroxylation sites is 1. The molecule has 6 heteroatoms. The predicted molar refractivity (Wildman–Crippen MR) is 99.5 cm³/mol. The van der Waals surface area contributed by atoms with E-state index in [0.29, 0.717) is 10.0 Å². The molecule has 0 fully saturated rings. The number of rotatable bonds is 4. The molecule has 2 aromatic carbocycles. The second-order valence-corrected chi connectivity index (χ2v) is 6.34. The van der Waals surface area contributed by atoms with Crippen molar-refractivity contribution in [2.75, 3.05) is 5.43 Å². The maximum atomic E-state index is 9.37. The molecule has 0 spiro atoms. The third-order valence-electron chi connectivity index (χ3n) is 3.39. The van der Waals surface area contributed by atoms with Crippen LogP contribution >= 0.6 is 22.9 Å². The monoisotopic (exact) mass is 352 g/mol. The van der Waals surface area contributed by atoms with Crippen LogP contribution < -0.4 is 5.43 Å². The molecule has 24 heavy (non-hydrogen) atoms. The summed E-state index contributed by atoms with van der Waals surface area (Å²) in [5.74, 6) is 0. The zero-order valence-corrected chi connectivity index (χ0v) is 14.4. The molecule has 0 bridgehead atoms. The number of hydrogen-bond donors (Lipinski definition) is 1. The first-order valence-corrected chi connectivity index (χ1v) is 8.44. The molecule has 1 heterocycles. The maximum absolute atomic E-state index is 9.37. The average Bonchev–Trinajstić information content (AvgIpc) is 3.07. The van der Waals surface area contributed by atoms with Gasteiger partial charge in [0.1, 0.15) is 6.07 Å². The molecule has 3 aromatic rings. The zero-order chi connectivity index (χ0) is 16.9. The van der Waals surface area contributed by atoms with Gasteiger partial charge in [-0.3, -0.25) is 5.43 Å². The number of halogens is 1. The van der Waals surface area contributed by atoms with Crippen molar-refractivity contribution in [2.24, 2.45) is 5.10 Å². The first-order valence-electron chi connectivity index (χ1n) is 7.18. The van der Waals surface area contributed by atoms with E-state index in [2.05, 4.69) is 21.6 Å². The summed E-state index contributed by atoms with van der Waals surface area (Å²) >= 11 is 7.28. The van der Waals surface area contributed by atoms with Crippen LogP contribution in [-0.2, 0) is 0 Å². The molecule has 1 aromatic heterocycles. The third kappa shape index (κ3) is 3.62. The van der Waals surface area contributed by atoms with Gasteiger partial charge in [0.15, 0.2) is 10.7 Å². The first-order chi connectivity index (χ1) is 11.7. The molecular formula is C18H13ClN4S. The number of thiazole rings is 1. The van der Waals surface area contributed by atoms with Gasteiger partial charge in [0.25, 0.3) is 0 Å². The fourth-order valence-corrected chi connectivity index (χ4v) is 2.96. The number of hydrazone groups is 1. The predicted octanol–water partition coefficient (Wildman–Crippen LogP) is 5.11. The molecule has 0 aliphatic carbocycles. The number of nitriles is 1. The third-order valence-corrected chi connectivity index (χ3v) is 4.49. The Labute approximate surface area is 149 Å². The molecule has 1 N–H and O–H groups in total. The summed E-state index contributed by atoms with van der Waals surface area (Å²) in [6, 6.07) is 17.3. The fourth-order valence-electron chi connectivity index (χ4n) is 2.07. The minimum Gasteiger partial charge on any atom is -0.277 e. The fraction of sp³-hybridized carbons (Fsp3) is 0.0556. The molecule has 0 atom stereocenters. The minimum absolute atomic E-state index is 0.253. The van der Waals surface area contributed by atoms with Crippen molar-refractivity contribution < 1.29 is 0 Å². The van der Waals surface area contributed by atoms with E-state index in [1.54, 1.807) is 0 Å². The number of aromatic nitrogens is 1. The van der Waals surface area contributed by atoms with Crippen LogP contribution in [0.2, 0.25) is 5.02 Å². The summed E-state index contributed by atoms with van der Waals surface area (Å²) in [5.41, 5.74) is 6.85. The van der Waals surface area contributed by atoms with Gasteiger partial charge in [0.05, 0.1) is 11.4 Å². The van der Waals surface area contributed by atoms with Gasteiger partial charge in [-0.15, -0.1) is 11.3 Å². The number of aryl methyl sites for hydroxylation is 1. The highest BCUT2D eigenvalue weighted by Crippen LogP contribution is 2.24. The molecule has 0 radical (unpaired) electrons. The van der Waals surface area contributed by atoms with E-state index in [4.69, 9.17) is 11.6 Å². The molecule has 0 saturated heterocycles. The summed E-state index contributed by atoms with van der Waals surface area (Å²) in [7, 11) is 0. The quantitative estimate of drug-likeness (QED) is 0.524. The van der Waals surface area contributed by atoms with Crippen LogP contribution in [0.15, 0.2) is 59.0 Å². The maximum Gasteiger partial charge on any atom is 0.196 e. The molecule has 0 unspecified atom stereocenters. The molecule has 3 rings (SSSR count). The second-order valence-electron chi connectivity index (χ2n) is 5.04. The Balaban J connectivity index is 1.84. The van der Waals surface area contributed by atoms with Crippen LogP contribution in [0, 0.1) is 18.3 Å². The molecule has 0 aliphatic heterocycles. The molecular weight excluding hydrogens is 340 g/mol. The lowest BCUT2D eigenvalue weighted by molar-refractivity contribution is 1.28. The van der Waals surface area contributed by atoms with Crippen molar-refractivity contribution in [3.05, 3.63) is 69.5 Å². The Kier molecular flexibility index (Phi) is 4.90. The van der Waals surface area contributed by atoms with Crippen LogP contribution in [0.4, 0.5) is 5.69 Å². The molecule has 0 amide bonds. The summed E-state index contributed by atoms with van der Waals surface area (Å²) in [6.07, 6.45) is 0. The molecule has 0 saturated carbocycles. The van der Waals surface area contributed by atoms with Gasteiger partial charge in [0, 0.05) is 16.0 Å². The Morgan fingerprint density at radius 3 is 2.67 bits per heavy atom. The topological polar surface area (TPSA) is 61.1 Å². The number of benzene rings is 2. The summed E-state index contributed by atoms with van der Waals surface area (Å²) < 4.78 is 0. The van der Waals surface area contributed by atoms with Crippen LogP contribution in [0.1, 0.15) is 10.6 Å². The van der Waals surface area contributed by atoms with Crippen LogP contribution in [0.5, 0.6) is 0 Å². The highest BCUT2D eigenvalue weighted by molar-refractivity contribution is 7.12. The van der Waals surface area contributed by atoms with Crippen LogP contribution in [0.3, 0.4) is 0 Å². The van der Waals surface area contributed by atoms with Gasteiger partial charge in [-0.1, -0.05) is 41.9 Å². The number of anilines is 1. The van der Waals surface area contributed by atoms with Crippen molar-refractivity contribution in [3.8, 4) is 17.3 Å². The van der Waals surface area contributed by atoms with E-state index in [-0.39, 0.29) is 5.71 Å². The summed E-state index contributed by atoms with van der Waals surface area (Å²) in [4.78, 5) is 4.50. The zero-order valence-electron chi connectivity index (χ0n) is 12.8. The van der Waals surface area contributed by atoms with E-state index in [0.717, 1.165) is 22.5 Å². The lowest BCUT2D eigenvalue weighted by Gasteiger charge is -2.03. The smallest absolute Gasteiger partial charge is 0.196 e. The van der Waals surface area contributed by atoms with Crippen molar-refractivity contribution in [2.45, 2.75) is 6.92 Å². The standard InChI is InChI=1S/C18H13ClN4S/c1-12-4-2-3-5-15(12)22-23-16(10-20)18-21-17(11-24-18)13-6-8-14(19)9-7-13/h2-9,11,22H,1H3. The number of nitrogens with one attached hydrogen (secondary N) is 1. The SMILES string of the molecule is Cc1ccccc1NN=C(C#N)c1nc(-c2ccc(Cl)cc2)cs1. The van der Waals surface area contributed by atoms with Crippen molar-refractivity contribution >= 4 is 34.3 Å². The van der Waals surface area contributed by atoms with Gasteiger partial charge in [-0.2, -0.15) is 10.4 Å². The normalized spacial score (nSPS) is 11.1. The van der Waals surface area contributed by atoms with Crippen LogP contribution in [0.25, 0.3) is 11.3 Å². The van der Waals surface area contributed by atoms with Crippen molar-refractivity contribution in [1.82, 2.24) is 4.98 Å². The van der Waals surface area contributed by atoms with Crippen LogP contribution in [-0.4, -0.2) is 10.7 Å². The van der Waals surface area contributed by atoms with Crippen molar-refractivity contribution in [1.29, 1.82) is 5.26 Å². The lowest BCUT2D eigenvalue weighted by Crippen LogP contribution is -2.02. The van der Waals surface area contributed by atoms with E-state index in [1.807, 2.05) is 60.8 Å². The minimum atomic E-state index is 0.253. The Bertz CT molecular complexity index is 923. The first kappa shape index (κ1) is 16.2. The van der Waals surface area contributed by atoms with Gasteiger partial charge in [-0.05, 0) is 30.7 Å². The second kappa shape index (κ2) is 7.26. The van der Waals surface area contributed by atoms with Gasteiger partial charge >= 0.3 is 0 Å². The molecule has 4 nitrogen and oxygen atoms in total. The van der Waals surface area contributed by atoms with Gasteiger partial charge < -0.3 is 0 Å². The largest absolute Gasteiger partial charge is 0.277 e. The van der Waals surface area contributed by atoms with E-state index in [1.165, 1.54) is 11.3 Å². The lowest BCUT2D eigenvalue weighted by atomic mass is 10.2. The summed E-state index contributed by atoms with van der Waals surface area (Å²) in [5, 5.41) is 16.7. The highest BCUT2D eigenvalue weighted by atomic mass is 35.5. The summed E-state index contributed by atoms with van der Waals surface area (Å²) in [6.45, 7) is 1.98. The Hall–Kier alpha value is -2.68. The molecule has 0 aliphatic rings. The number of hydrogen-bond acceptors (Lipinski definition) is 5. The Morgan fingerprint density at radius 1 is 1.21 bits per heavy atom. The van der Waals surface area contributed by atoms with E-state index < -0.39 is 0 Å². The van der Waals surface area contributed by atoms with E-state index >= 15 is 0 Å². The average molecular weight is 353 g/mol. The van der Waals surface area contributed by atoms with Gasteiger partial charge in [0.2, 0.25) is 0 Å².